The number of nitrogens with two attached hydrogens (primary N) is 1. The average Bonchev–Trinajstić information content (AvgIpc) is 3.14. The molecule has 3 aromatic rings. The molecule has 2 aromatic carbocycles. The molecule has 0 unspecified atom stereocenters. The lowest BCUT2D eigenvalue weighted by atomic mass is 10.0. The molecule has 0 radical (unpaired) electrons. The monoisotopic (exact) mass is 438 g/mol. The SMILES string of the molecule is CN(C)C1CCN(c2ccc(Nc3nc(N)c(-c4ccc([N+](=O)[O-])cc4)s3)cc2)CC1. The van der Waals surface area contributed by atoms with Crippen LogP contribution in [0.2, 0.25) is 0 Å². The van der Waals surface area contributed by atoms with Gasteiger partial charge in [-0.3, -0.25) is 10.1 Å². The highest BCUT2D eigenvalue weighted by Gasteiger charge is 2.20. The Kier molecular flexibility index (Phi) is 6.06. The number of hydrogen-bond acceptors (Lipinski definition) is 8. The van der Waals surface area contributed by atoms with Crippen LogP contribution in [0, 0.1) is 10.1 Å². The molecule has 1 aliphatic rings. The lowest BCUT2D eigenvalue weighted by Crippen LogP contribution is -2.41. The smallest absolute Gasteiger partial charge is 0.269 e. The van der Waals surface area contributed by atoms with Crippen LogP contribution in [0.15, 0.2) is 48.5 Å². The summed E-state index contributed by atoms with van der Waals surface area (Å²) in [5.74, 6) is 0.404. The number of hydrogen-bond donors (Lipinski definition) is 2. The van der Waals surface area contributed by atoms with Crippen molar-refractivity contribution in [3.8, 4) is 10.4 Å². The van der Waals surface area contributed by atoms with Gasteiger partial charge in [0.2, 0.25) is 0 Å². The van der Waals surface area contributed by atoms with E-state index in [4.69, 9.17) is 5.73 Å². The summed E-state index contributed by atoms with van der Waals surface area (Å²) in [7, 11) is 4.30. The van der Waals surface area contributed by atoms with Crippen molar-refractivity contribution in [2.24, 2.45) is 0 Å². The van der Waals surface area contributed by atoms with Gasteiger partial charge in [-0.25, -0.2) is 4.98 Å². The lowest BCUT2D eigenvalue weighted by Gasteiger charge is -2.36. The fourth-order valence-corrected chi connectivity index (χ4v) is 4.76. The molecule has 2 heterocycles. The number of non-ortho nitro benzene ring substituents is 1. The molecule has 1 aliphatic heterocycles. The van der Waals surface area contributed by atoms with E-state index in [0.29, 0.717) is 17.0 Å². The third-order valence-corrected chi connectivity index (χ3v) is 6.71. The number of rotatable bonds is 6. The van der Waals surface area contributed by atoms with E-state index in [0.717, 1.165) is 29.2 Å². The van der Waals surface area contributed by atoms with E-state index in [-0.39, 0.29) is 5.69 Å². The molecule has 1 saturated heterocycles. The van der Waals surface area contributed by atoms with Gasteiger partial charge in [0, 0.05) is 42.6 Å². The first-order valence-corrected chi connectivity index (χ1v) is 11.0. The Labute approximate surface area is 185 Å². The Hall–Kier alpha value is -3.17. The van der Waals surface area contributed by atoms with Gasteiger partial charge in [0.05, 0.1) is 9.80 Å². The molecule has 8 nitrogen and oxygen atoms in total. The molecule has 0 saturated carbocycles. The zero-order valence-corrected chi connectivity index (χ0v) is 18.4. The number of nitrogens with zero attached hydrogens (tertiary/aromatic N) is 4. The van der Waals surface area contributed by atoms with Crippen molar-refractivity contribution in [3.63, 3.8) is 0 Å². The second-order valence-electron chi connectivity index (χ2n) is 7.89. The van der Waals surface area contributed by atoms with Crippen molar-refractivity contribution >= 4 is 39.3 Å². The van der Waals surface area contributed by atoms with E-state index in [9.17, 15) is 10.1 Å². The van der Waals surface area contributed by atoms with Gasteiger partial charge in [0.1, 0.15) is 5.82 Å². The second-order valence-corrected chi connectivity index (χ2v) is 8.89. The second kappa shape index (κ2) is 8.91. The van der Waals surface area contributed by atoms with Crippen LogP contribution < -0.4 is 16.0 Å². The number of nitrogens with one attached hydrogen (secondary N) is 1. The molecule has 162 valence electrons. The Balaban J connectivity index is 1.42. The van der Waals surface area contributed by atoms with Gasteiger partial charge in [0.25, 0.3) is 5.69 Å². The Morgan fingerprint density at radius 1 is 1.13 bits per heavy atom. The first-order chi connectivity index (χ1) is 14.9. The minimum absolute atomic E-state index is 0.0521. The Morgan fingerprint density at radius 2 is 1.77 bits per heavy atom. The summed E-state index contributed by atoms with van der Waals surface area (Å²) in [5.41, 5.74) is 9.13. The molecule has 9 heteroatoms. The highest BCUT2D eigenvalue weighted by atomic mass is 32.1. The molecule has 0 atom stereocenters. The van der Waals surface area contributed by atoms with Crippen molar-refractivity contribution in [2.75, 3.05) is 43.1 Å². The van der Waals surface area contributed by atoms with Crippen molar-refractivity contribution in [3.05, 3.63) is 58.6 Å². The lowest BCUT2D eigenvalue weighted by molar-refractivity contribution is -0.384. The van der Waals surface area contributed by atoms with Gasteiger partial charge < -0.3 is 20.9 Å². The molecular weight excluding hydrogens is 412 g/mol. The highest BCUT2D eigenvalue weighted by Crippen LogP contribution is 2.37. The van der Waals surface area contributed by atoms with Crippen LogP contribution >= 0.6 is 11.3 Å². The number of nitrogen functional groups attached to an aromatic ring is 1. The number of nitro groups is 1. The number of benzene rings is 2. The zero-order chi connectivity index (χ0) is 22.0. The van der Waals surface area contributed by atoms with Gasteiger partial charge in [-0.1, -0.05) is 11.3 Å². The highest BCUT2D eigenvalue weighted by molar-refractivity contribution is 7.19. The van der Waals surface area contributed by atoms with Crippen LogP contribution in [-0.2, 0) is 0 Å². The summed E-state index contributed by atoms with van der Waals surface area (Å²) in [6.07, 6.45) is 2.35. The molecule has 31 heavy (non-hydrogen) atoms. The molecule has 1 fully saturated rings. The van der Waals surface area contributed by atoms with Crippen LogP contribution in [0.4, 0.5) is 28.0 Å². The van der Waals surface area contributed by atoms with Crippen LogP contribution in [0.25, 0.3) is 10.4 Å². The summed E-state index contributed by atoms with van der Waals surface area (Å²) >= 11 is 1.42. The third-order valence-electron chi connectivity index (χ3n) is 5.67. The standard InChI is InChI=1S/C22H26N6O2S/c1-26(2)17-11-13-27(14-12-17)18-9-5-16(6-10-18)24-22-25-21(23)20(31-22)15-3-7-19(8-4-15)28(29)30/h3-10,17H,11-14,23H2,1-2H3,(H,24,25). The predicted molar refractivity (Wildman–Crippen MR) is 127 cm³/mol. The van der Waals surface area contributed by atoms with Crippen LogP contribution in [0.1, 0.15) is 12.8 Å². The van der Waals surface area contributed by atoms with Crippen LogP contribution in [0.3, 0.4) is 0 Å². The van der Waals surface area contributed by atoms with Gasteiger partial charge in [-0.2, -0.15) is 0 Å². The van der Waals surface area contributed by atoms with Crippen molar-refractivity contribution in [1.29, 1.82) is 0 Å². The number of anilines is 4. The van der Waals surface area contributed by atoms with E-state index in [1.165, 1.54) is 42.0 Å². The van der Waals surface area contributed by atoms with Crippen molar-refractivity contribution in [2.45, 2.75) is 18.9 Å². The van der Waals surface area contributed by atoms with Gasteiger partial charge >= 0.3 is 0 Å². The number of piperidine rings is 1. The van der Waals surface area contributed by atoms with E-state index >= 15 is 0 Å². The minimum Gasteiger partial charge on any atom is -0.382 e. The molecule has 0 bridgehead atoms. The molecular formula is C22H26N6O2S. The first kappa shape index (κ1) is 21.1. The minimum atomic E-state index is -0.416. The van der Waals surface area contributed by atoms with E-state index in [1.54, 1.807) is 12.1 Å². The van der Waals surface area contributed by atoms with Crippen molar-refractivity contribution < 1.29 is 4.92 Å². The number of thiazole rings is 1. The summed E-state index contributed by atoms with van der Waals surface area (Å²) in [4.78, 5) is 20.4. The summed E-state index contributed by atoms with van der Waals surface area (Å²) in [5, 5.41) is 14.8. The van der Waals surface area contributed by atoms with E-state index in [1.807, 2.05) is 0 Å². The predicted octanol–water partition coefficient (Wildman–Crippen LogP) is 4.57. The summed E-state index contributed by atoms with van der Waals surface area (Å²) in [6, 6.07) is 15.4. The summed E-state index contributed by atoms with van der Waals surface area (Å²) in [6.45, 7) is 2.13. The fourth-order valence-electron chi connectivity index (χ4n) is 3.85. The molecule has 0 spiro atoms. The maximum Gasteiger partial charge on any atom is 0.269 e. The fraction of sp³-hybridized carbons (Fsp3) is 0.318. The van der Waals surface area contributed by atoms with Crippen LogP contribution in [-0.4, -0.2) is 48.0 Å². The number of aromatic nitrogens is 1. The van der Waals surface area contributed by atoms with E-state index < -0.39 is 4.92 Å². The maximum absolute atomic E-state index is 10.8. The average molecular weight is 439 g/mol. The van der Waals surface area contributed by atoms with Gasteiger partial charge in [-0.05, 0) is 68.9 Å². The Bertz CT molecular complexity index is 1040. The quantitative estimate of drug-likeness (QED) is 0.429. The molecule has 0 amide bonds. The zero-order valence-electron chi connectivity index (χ0n) is 17.6. The normalized spacial score (nSPS) is 14.7. The largest absolute Gasteiger partial charge is 0.382 e. The third kappa shape index (κ3) is 4.78. The maximum atomic E-state index is 10.8. The Morgan fingerprint density at radius 3 is 2.35 bits per heavy atom. The summed E-state index contributed by atoms with van der Waals surface area (Å²) < 4.78 is 0. The van der Waals surface area contributed by atoms with Gasteiger partial charge in [0.15, 0.2) is 5.13 Å². The molecule has 0 aliphatic carbocycles. The molecule has 1 aromatic heterocycles. The first-order valence-electron chi connectivity index (χ1n) is 10.2. The molecule has 4 rings (SSSR count). The van der Waals surface area contributed by atoms with Crippen molar-refractivity contribution in [1.82, 2.24) is 9.88 Å². The molecule has 3 N–H and O–H groups in total. The number of nitro benzene ring substituents is 1. The van der Waals surface area contributed by atoms with E-state index in [2.05, 4.69) is 58.5 Å². The topological polar surface area (TPSA) is 101 Å². The van der Waals surface area contributed by atoms with Gasteiger partial charge in [-0.15, -0.1) is 0 Å². The van der Waals surface area contributed by atoms with Crippen LogP contribution in [0.5, 0.6) is 0 Å².